The van der Waals surface area contributed by atoms with Gasteiger partial charge in [-0.1, -0.05) is 12.1 Å². The van der Waals surface area contributed by atoms with Gasteiger partial charge in [-0.15, -0.1) is 11.3 Å². The Morgan fingerprint density at radius 3 is 3.20 bits per heavy atom. The highest BCUT2D eigenvalue weighted by atomic mass is 32.1. The number of nitrogens with zero attached hydrogens (tertiary/aromatic N) is 3. The first-order valence-corrected chi connectivity index (χ1v) is 9.59. The Labute approximate surface area is 151 Å². The molecule has 2 aliphatic rings. The number of allylic oxidation sites excluding steroid dienone is 1. The lowest BCUT2D eigenvalue weighted by atomic mass is 9.90. The van der Waals surface area contributed by atoms with Crippen molar-refractivity contribution in [2.75, 3.05) is 18.4 Å². The highest BCUT2D eigenvalue weighted by molar-refractivity contribution is 7.15. The fourth-order valence-corrected chi connectivity index (χ4v) is 4.56. The molecule has 1 amide bonds. The van der Waals surface area contributed by atoms with E-state index in [2.05, 4.69) is 44.6 Å². The van der Waals surface area contributed by atoms with E-state index in [4.69, 9.17) is 0 Å². The minimum atomic E-state index is -0.0717. The number of pyridine rings is 1. The van der Waals surface area contributed by atoms with Crippen LogP contribution in [0.1, 0.15) is 47.4 Å². The summed E-state index contributed by atoms with van der Waals surface area (Å²) in [5.74, 6) is 0.479. The van der Waals surface area contributed by atoms with Crippen LogP contribution >= 0.6 is 11.3 Å². The second kappa shape index (κ2) is 7.06. The molecule has 0 saturated carbocycles. The fourth-order valence-electron chi connectivity index (χ4n) is 3.65. The van der Waals surface area contributed by atoms with Crippen LogP contribution < -0.4 is 5.32 Å². The van der Waals surface area contributed by atoms with Crippen molar-refractivity contribution in [3.63, 3.8) is 0 Å². The van der Waals surface area contributed by atoms with Crippen molar-refractivity contribution in [2.24, 2.45) is 0 Å². The number of fused-ring (bicyclic) bond motifs is 1. The van der Waals surface area contributed by atoms with E-state index in [0.717, 1.165) is 31.7 Å². The number of rotatable bonds is 4. The Morgan fingerprint density at radius 2 is 2.32 bits per heavy atom. The van der Waals surface area contributed by atoms with Crippen LogP contribution in [-0.4, -0.2) is 33.9 Å². The second-order valence-electron chi connectivity index (χ2n) is 6.81. The lowest BCUT2D eigenvalue weighted by Crippen LogP contribution is -2.33. The van der Waals surface area contributed by atoms with Crippen LogP contribution in [0.3, 0.4) is 0 Å². The minimum absolute atomic E-state index is 0.0717. The van der Waals surface area contributed by atoms with Crippen LogP contribution in [0, 0.1) is 0 Å². The number of amides is 1. The van der Waals surface area contributed by atoms with E-state index < -0.39 is 0 Å². The number of thiazole rings is 1. The molecule has 6 heteroatoms. The number of hydrogen-bond acceptors (Lipinski definition) is 5. The van der Waals surface area contributed by atoms with Crippen molar-refractivity contribution in [1.29, 1.82) is 0 Å². The molecule has 1 saturated heterocycles. The van der Waals surface area contributed by atoms with Crippen LogP contribution in [0.25, 0.3) is 6.08 Å². The first kappa shape index (κ1) is 16.4. The fraction of sp³-hybridized carbons (Fsp3) is 0.421. The molecule has 0 unspecified atom stereocenters. The Balaban J connectivity index is 1.41. The summed E-state index contributed by atoms with van der Waals surface area (Å²) >= 11 is 1.56. The van der Waals surface area contributed by atoms with E-state index in [9.17, 15) is 4.79 Å². The van der Waals surface area contributed by atoms with Gasteiger partial charge in [-0.05, 0) is 48.9 Å². The van der Waals surface area contributed by atoms with Gasteiger partial charge in [0.2, 0.25) is 5.91 Å². The summed E-state index contributed by atoms with van der Waals surface area (Å²) in [7, 11) is 0. The van der Waals surface area contributed by atoms with Gasteiger partial charge in [0, 0.05) is 37.3 Å². The van der Waals surface area contributed by atoms with Crippen LogP contribution in [0.4, 0.5) is 5.13 Å². The quantitative estimate of drug-likeness (QED) is 0.914. The molecule has 3 heterocycles. The molecule has 1 aliphatic heterocycles. The molecule has 2 aromatic heterocycles. The van der Waals surface area contributed by atoms with Crippen LogP contribution in [0.5, 0.6) is 0 Å². The second-order valence-corrected chi connectivity index (χ2v) is 7.92. The summed E-state index contributed by atoms with van der Waals surface area (Å²) in [6.45, 7) is 4.58. The molecule has 1 aliphatic carbocycles. The maximum Gasteiger partial charge on any atom is 0.223 e. The first-order chi connectivity index (χ1) is 12.2. The number of aromatic nitrogens is 2. The maximum atomic E-state index is 11.1. The predicted molar refractivity (Wildman–Crippen MR) is 101 cm³/mol. The lowest BCUT2D eigenvalue weighted by molar-refractivity contribution is -0.114. The standard InChI is InChI=1S/C19H22N4OS/c1-13(24)22-19-21-10-17(25-19)12-23-7-3-5-15(11-23)16-8-14-4-2-6-18(14)20-9-16/h2,6,8-10,15H,3-5,7,11-12H2,1H3,(H,21,22,24)/t15-/m0/s1. The zero-order chi connectivity index (χ0) is 17.2. The molecule has 1 fully saturated rings. The first-order valence-electron chi connectivity index (χ1n) is 8.77. The molecule has 2 aromatic rings. The molecule has 4 rings (SSSR count). The number of carbonyl (C=O) groups excluding carboxylic acids is 1. The van der Waals surface area contributed by atoms with Crippen LogP contribution in [0.2, 0.25) is 0 Å². The Morgan fingerprint density at radius 1 is 1.40 bits per heavy atom. The van der Waals surface area contributed by atoms with Crippen LogP contribution in [0.15, 0.2) is 24.5 Å². The maximum absolute atomic E-state index is 11.1. The summed E-state index contributed by atoms with van der Waals surface area (Å²) in [6.07, 6.45) is 11.7. The minimum Gasteiger partial charge on any atom is -0.302 e. The van der Waals surface area contributed by atoms with Crippen molar-refractivity contribution in [1.82, 2.24) is 14.9 Å². The van der Waals surface area contributed by atoms with Gasteiger partial charge in [0.15, 0.2) is 5.13 Å². The smallest absolute Gasteiger partial charge is 0.223 e. The number of hydrogen-bond donors (Lipinski definition) is 1. The Kier molecular flexibility index (Phi) is 4.63. The van der Waals surface area contributed by atoms with Crippen molar-refractivity contribution < 1.29 is 4.79 Å². The highest BCUT2D eigenvalue weighted by Crippen LogP contribution is 2.30. The topological polar surface area (TPSA) is 58.1 Å². The SMILES string of the molecule is CC(=O)Nc1ncc(CN2CCC[C@H](c3cnc4c(c3)CC=C4)C2)s1. The average Bonchev–Trinajstić information content (AvgIpc) is 3.23. The van der Waals surface area contributed by atoms with Gasteiger partial charge in [-0.2, -0.15) is 0 Å². The molecule has 0 spiro atoms. The number of nitrogens with one attached hydrogen (secondary N) is 1. The van der Waals surface area contributed by atoms with Gasteiger partial charge in [-0.25, -0.2) is 4.98 Å². The molecular formula is C19H22N4OS. The lowest BCUT2D eigenvalue weighted by Gasteiger charge is -2.32. The van der Waals surface area contributed by atoms with Crippen molar-refractivity contribution in [3.05, 3.63) is 46.2 Å². The molecular weight excluding hydrogens is 332 g/mol. The third-order valence-electron chi connectivity index (χ3n) is 4.83. The summed E-state index contributed by atoms with van der Waals surface area (Å²) in [4.78, 5) is 23.7. The summed E-state index contributed by atoms with van der Waals surface area (Å²) in [6, 6.07) is 2.35. The Hall–Kier alpha value is -2.05. The average molecular weight is 354 g/mol. The largest absolute Gasteiger partial charge is 0.302 e. The summed E-state index contributed by atoms with van der Waals surface area (Å²) in [5, 5.41) is 3.44. The molecule has 0 radical (unpaired) electrons. The van der Waals surface area contributed by atoms with Crippen LogP contribution in [-0.2, 0) is 17.8 Å². The molecule has 130 valence electrons. The highest BCUT2D eigenvalue weighted by Gasteiger charge is 2.23. The van der Waals surface area contributed by atoms with E-state index in [1.54, 1.807) is 11.3 Å². The number of piperidine rings is 1. The van der Waals surface area contributed by atoms with E-state index in [-0.39, 0.29) is 5.91 Å². The van der Waals surface area contributed by atoms with E-state index in [1.807, 2.05) is 6.20 Å². The zero-order valence-corrected chi connectivity index (χ0v) is 15.2. The normalized spacial score (nSPS) is 19.8. The molecule has 1 atom stereocenters. The molecule has 0 bridgehead atoms. The monoisotopic (exact) mass is 354 g/mol. The van der Waals surface area contributed by atoms with E-state index in [1.165, 1.54) is 35.8 Å². The number of anilines is 1. The third-order valence-corrected chi connectivity index (χ3v) is 5.73. The van der Waals surface area contributed by atoms with Gasteiger partial charge in [0.25, 0.3) is 0 Å². The number of likely N-dealkylation sites (tertiary alicyclic amines) is 1. The van der Waals surface area contributed by atoms with Crippen molar-refractivity contribution in [3.8, 4) is 0 Å². The van der Waals surface area contributed by atoms with Crippen molar-refractivity contribution >= 4 is 28.5 Å². The summed E-state index contributed by atoms with van der Waals surface area (Å²) in [5.41, 5.74) is 3.86. The molecule has 5 nitrogen and oxygen atoms in total. The van der Waals surface area contributed by atoms with E-state index in [0.29, 0.717) is 11.0 Å². The van der Waals surface area contributed by atoms with Gasteiger partial charge in [0.1, 0.15) is 0 Å². The zero-order valence-electron chi connectivity index (χ0n) is 14.4. The van der Waals surface area contributed by atoms with Gasteiger partial charge >= 0.3 is 0 Å². The molecule has 25 heavy (non-hydrogen) atoms. The van der Waals surface area contributed by atoms with Gasteiger partial charge < -0.3 is 5.32 Å². The van der Waals surface area contributed by atoms with E-state index >= 15 is 0 Å². The third kappa shape index (κ3) is 3.80. The number of carbonyl (C=O) groups is 1. The summed E-state index contributed by atoms with van der Waals surface area (Å²) < 4.78 is 0. The molecule has 0 aromatic carbocycles. The Bertz CT molecular complexity index is 814. The molecule has 1 N–H and O–H groups in total. The predicted octanol–water partition coefficient (Wildman–Crippen LogP) is 3.45. The van der Waals surface area contributed by atoms with Gasteiger partial charge in [0.05, 0.1) is 5.69 Å². The van der Waals surface area contributed by atoms with Crippen molar-refractivity contribution in [2.45, 2.75) is 38.6 Å². The van der Waals surface area contributed by atoms with Gasteiger partial charge in [-0.3, -0.25) is 14.7 Å².